The predicted molar refractivity (Wildman–Crippen MR) is 88.7 cm³/mol. The van der Waals surface area contributed by atoms with Crippen molar-refractivity contribution >= 4 is 41.7 Å². The Labute approximate surface area is 133 Å². The maximum Gasteiger partial charge on any atom is 0.150 e. The van der Waals surface area contributed by atoms with E-state index in [1.807, 2.05) is 12.1 Å². The van der Waals surface area contributed by atoms with Gasteiger partial charge in [-0.2, -0.15) is 0 Å². The van der Waals surface area contributed by atoms with E-state index in [0.717, 1.165) is 29.1 Å². The molecule has 1 unspecified atom stereocenters. The highest BCUT2D eigenvalue weighted by molar-refractivity contribution is 9.10. The van der Waals surface area contributed by atoms with Crippen molar-refractivity contribution in [2.45, 2.75) is 26.2 Å². The van der Waals surface area contributed by atoms with Crippen LogP contribution in [-0.4, -0.2) is 25.3 Å². The maximum absolute atomic E-state index is 11.4. The van der Waals surface area contributed by atoms with Crippen LogP contribution < -0.4 is 0 Å². The molecule has 0 amide bonds. The molecule has 0 saturated carbocycles. The van der Waals surface area contributed by atoms with Crippen LogP contribution in [0.3, 0.4) is 0 Å². The van der Waals surface area contributed by atoms with Crippen molar-refractivity contribution in [3.05, 3.63) is 34.3 Å². The van der Waals surface area contributed by atoms with Crippen molar-refractivity contribution in [1.82, 2.24) is 0 Å². The summed E-state index contributed by atoms with van der Waals surface area (Å²) in [7, 11) is -2.82. The Kier molecular flexibility index (Phi) is 7.62. The summed E-state index contributed by atoms with van der Waals surface area (Å²) >= 11 is 6.95. The summed E-state index contributed by atoms with van der Waals surface area (Å²) in [5.74, 6) is 1.06. The highest BCUT2D eigenvalue weighted by Crippen LogP contribution is 2.19. The lowest BCUT2D eigenvalue weighted by Crippen LogP contribution is -2.12. The van der Waals surface area contributed by atoms with Crippen LogP contribution in [-0.2, 0) is 16.3 Å². The fraction of sp³-hybridized carbons (Fsp3) is 0.571. The van der Waals surface area contributed by atoms with Crippen LogP contribution in [0.2, 0.25) is 0 Å². The van der Waals surface area contributed by atoms with E-state index in [2.05, 4.69) is 44.0 Å². The Hall–Kier alpha value is 0.130. The average Bonchev–Trinajstić information content (AvgIpc) is 2.40. The first-order chi connectivity index (χ1) is 8.96. The second-order valence-electron chi connectivity index (χ2n) is 4.73. The van der Waals surface area contributed by atoms with Crippen LogP contribution in [0, 0.1) is 5.92 Å². The predicted octanol–water partition coefficient (Wildman–Crippen LogP) is 4.22. The Balaban J connectivity index is 2.44. The second-order valence-corrected chi connectivity index (χ2v) is 8.77. The van der Waals surface area contributed by atoms with E-state index in [4.69, 9.17) is 0 Å². The molecule has 0 spiro atoms. The third kappa shape index (κ3) is 6.91. The molecule has 1 aromatic carbocycles. The van der Waals surface area contributed by atoms with Gasteiger partial charge >= 0.3 is 0 Å². The smallest absolute Gasteiger partial charge is 0.150 e. The molecule has 0 fully saturated rings. The Morgan fingerprint density at radius 3 is 2.37 bits per heavy atom. The second kappa shape index (κ2) is 8.42. The van der Waals surface area contributed by atoms with E-state index in [9.17, 15) is 8.42 Å². The van der Waals surface area contributed by atoms with Crippen LogP contribution in [0.15, 0.2) is 28.7 Å². The zero-order valence-electron chi connectivity index (χ0n) is 11.1. The lowest BCUT2D eigenvalue weighted by Gasteiger charge is -2.14. The first kappa shape index (κ1) is 17.2. The van der Waals surface area contributed by atoms with Gasteiger partial charge in [0.1, 0.15) is 9.84 Å². The number of sulfone groups is 1. The molecule has 0 heterocycles. The fourth-order valence-electron chi connectivity index (χ4n) is 1.92. The van der Waals surface area contributed by atoms with Gasteiger partial charge in [-0.3, -0.25) is 0 Å². The number of hydrogen-bond acceptors (Lipinski definition) is 2. The molecule has 1 rings (SSSR count). The van der Waals surface area contributed by atoms with Gasteiger partial charge in [0.05, 0.1) is 5.75 Å². The number of hydrogen-bond donors (Lipinski definition) is 0. The van der Waals surface area contributed by atoms with Gasteiger partial charge in [-0.15, -0.1) is 0 Å². The summed E-state index contributed by atoms with van der Waals surface area (Å²) in [6.07, 6.45) is 2.69. The van der Waals surface area contributed by atoms with Crippen LogP contribution >= 0.6 is 31.9 Å². The summed E-state index contributed by atoms with van der Waals surface area (Å²) in [5.41, 5.74) is 1.30. The Bertz CT molecular complexity index is 469. The Morgan fingerprint density at radius 1 is 1.21 bits per heavy atom. The van der Waals surface area contributed by atoms with Gasteiger partial charge in [-0.25, -0.2) is 8.42 Å². The van der Waals surface area contributed by atoms with E-state index in [0.29, 0.717) is 11.7 Å². The molecule has 0 saturated heterocycles. The molecular formula is C14H20Br2O2S. The van der Waals surface area contributed by atoms with Gasteiger partial charge < -0.3 is 0 Å². The molecule has 2 nitrogen and oxygen atoms in total. The SMILES string of the molecule is CCS(=O)(=O)CCCC(CBr)Cc1ccc(Br)cc1. The standard InChI is InChI=1S/C14H20Br2O2S/c1-2-19(17,18)9-3-4-13(11-15)10-12-5-7-14(16)8-6-12/h5-8,13H,2-4,9-11H2,1H3. The summed E-state index contributed by atoms with van der Waals surface area (Å²) in [4.78, 5) is 0. The first-order valence-electron chi connectivity index (χ1n) is 6.47. The quantitative estimate of drug-likeness (QED) is 0.600. The first-order valence-corrected chi connectivity index (χ1v) is 10.2. The molecule has 0 aliphatic heterocycles. The molecule has 0 aliphatic carbocycles. The summed E-state index contributed by atoms with van der Waals surface area (Å²) in [6.45, 7) is 1.71. The zero-order chi connectivity index (χ0) is 14.3. The van der Waals surface area contributed by atoms with Crippen LogP contribution in [0.1, 0.15) is 25.3 Å². The summed E-state index contributed by atoms with van der Waals surface area (Å²) in [5, 5.41) is 0.912. The highest BCUT2D eigenvalue weighted by Gasteiger charge is 2.12. The van der Waals surface area contributed by atoms with E-state index >= 15 is 0 Å². The van der Waals surface area contributed by atoms with Gasteiger partial charge in [-0.1, -0.05) is 50.9 Å². The van der Waals surface area contributed by atoms with Crippen LogP contribution in [0.4, 0.5) is 0 Å². The molecule has 0 aliphatic rings. The van der Waals surface area contributed by atoms with Gasteiger partial charge in [0, 0.05) is 15.6 Å². The molecule has 5 heteroatoms. The molecule has 1 aromatic rings. The van der Waals surface area contributed by atoms with Crippen LogP contribution in [0.5, 0.6) is 0 Å². The molecule has 108 valence electrons. The van der Waals surface area contributed by atoms with Crippen molar-refractivity contribution in [1.29, 1.82) is 0 Å². The largest absolute Gasteiger partial charge is 0.229 e. The lowest BCUT2D eigenvalue weighted by atomic mass is 9.97. The summed E-state index contributed by atoms with van der Waals surface area (Å²) < 4.78 is 24.0. The minimum absolute atomic E-state index is 0.249. The third-order valence-corrected chi connectivity index (χ3v) is 6.40. The molecular weight excluding hydrogens is 392 g/mol. The molecule has 0 N–H and O–H groups in total. The fourth-order valence-corrected chi connectivity index (χ4v) is 3.64. The molecule has 0 bridgehead atoms. The number of halogens is 2. The van der Waals surface area contributed by atoms with Gasteiger partial charge in [0.25, 0.3) is 0 Å². The van der Waals surface area contributed by atoms with Gasteiger partial charge in [0.15, 0.2) is 0 Å². The molecule has 1 atom stereocenters. The highest BCUT2D eigenvalue weighted by atomic mass is 79.9. The van der Waals surface area contributed by atoms with E-state index in [1.54, 1.807) is 6.92 Å². The van der Waals surface area contributed by atoms with Gasteiger partial charge in [-0.05, 0) is 42.9 Å². The number of benzene rings is 1. The normalized spacial score (nSPS) is 13.4. The molecule has 0 radical (unpaired) electrons. The van der Waals surface area contributed by atoms with Crippen molar-refractivity contribution in [3.8, 4) is 0 Å². The molecule has 0 aromatic heterocycles. The van der Waals surface area contributed by atoms with E-state index < -0.39 is 9.84 Å². The number of rotatable bonds is 8. The average molecular weight is 412 g/mol. The van der Waals surface area contributed by atoms with Crippen molar-refractivity contribution in [2.24, 2.45) is 5.92 Å². The monoisotopic (exact) mass is 410 g/mol. The minimum atomic E-state index is -2.82. The van der Waals surface area contributed by atoms with Crippen molar-refractivity contribution in [2.75, 3.05) is 16.8 Å². The number of alkyl halides is 1. The van der Waals surface area contributed by atoms with Gasteiger partial charge in [0.2, 0.25) is 0 Å². The van der Waals surface area contributed by atoms with E-state index in [-0.39, 0.29) is 5.75 Å². The third-order valence-electron chi connectivity index (χ3n) is 3.16. The van der Waals surface area contributed by atoms with Crippen LogP contribution in [0.25, 0.3) is 0 Å². The van der Waals surface area contributed by atoms with Crippen molar-refractivity contribution in [3.63, 3.8) is 0 Å². The lowest BCUT2D eigenvalue weighted by molar-refractivity contribution is 0.528. The maximum atomic E-state index is 11.4. The topological polar surface area (TPSA) is 34.1 Å². The Morgan fingerprint density at radius 2 is 1.84 bits per heavy atom. The molecule has 19 heavy (non-hydrogen) atoms. The van der Waals surface area contributed by atoms with E-state index in [1.165, 1.54) is 5.56 Å². The zero-order valence-corrected chi connectivity index (χ0v) is 15.1. The summed E-state index contributed by atoms with van der Waals surface area (Å²) in [6, 6.07) is 8.31. The minimum Gasteiger partial charge on any atom is -0.229 e. The van der Waals surface area contributed by atoms with Crippen molar-refractivity contribution < 1.29 is 8.42 Å².